The number of guanidine groups is 1. The van der Waals surface area contributed by atoms with E-state index in [1.54, 1.807) is 47.6 Å². The minimum Gasteiger partial charge on any atom is -0.478 e. The van der Waals surface area contributed by atoms with Gasteiger partial charge in [-0.2, -0.15) is 0 Å². The molecule has 0 spiro atoms. The van der Waals surface area contributed by atoms with Gasteiger partial charge in [0.25, 0.3) is 0 Å². The molecule has 1 heterocycles. The maximum atomic E-state index is 12.7. The fraction of sp³-hybridized carbons (Fsp3) is 0.750. The zero-order valence-corrected chi connectivity index (χ0v) is 25.5. The Hall–Kier alpha value is -3.19. The van der Waals surface area contributed by atoms with Crippen LogP contribution in [0.25, 0.3) is 0 Å². The molecule has 0 saturated carbocycles. The van der Waals surface area contributed by atoms with Gasteiger partial charge in [0, 0.05) is 31.6 Å². The van der Waals surface area contributed by atoms with Crippen molar-refractivity contribution in [1.82, 2.24) is 20.9 Å². The molecule has 41 heavy (non-hydrogen) atoms. The molecule has 0 aromatic carbocycles. The topological polar surface area (TPSA) is 168 Å². The van der Waals surface area contributed by atoms with Gasteiger partial charge in [-0.25, -0.2) is 19.4 Å². The van der Waals surface area contributed by atoms with Crippen molar-refractivity contribution in [3.63, 3.8) is 0 Å². The van der Waals surface area contributed by atoms with E-state index in [9.17, 15) is 24.3 Å². The largest absolute Gasteiger partial charge is 0.478 e. The summed E-state index contributed by atoms with van der Waals surface area (Å²) in [4.78, 5) is 56.7. The van der Waals surface area contributed by atoms with Crippen LogP contribution in [0.2, 0.25) is 0 Å². The monoisotopic (exact) mass is 581 g/mol. The molecule has 2 aliphatic rings. The van der Waals surface area contributed by atoms with Crippen molar-refractivity contribution in [1.29, 1.82) is 0 Å². The van der Waals surface area contributed by atoms with E-state index in [-0.39, 0.29) is 29.9 Å². The predicted octanol–water partition coefficient (Wildman–Crippen LogP) is 2.94. The number of carboxylic acid groups (broad SMARTS) is 1. The summed E-state index contributed by atoms with van der Waals surface area (Å²) in [5.41, 5.74) is -1.56. The van der Waals surface area contributed by atoms with E-state index >= 15 is 0 Å². The maximum absolute atomic E-state index is 12.7. The summed E-state index contributed by atoms with van der Waals surface area (Å²) in [6, 6.07) is -2.05. The van der Waals surface area contributed by atoms with E-state index in [4.69, 9.17) is 14.2 Å². The first kappa shape index (κ1) is 34.0. The van der Waals surface area contributed by atoms with Crippen LogP contribution in [0.15, 0.2) is 16.6 Å². The van der Waals surface area contributed by atoms with Crippen LogP contribution in [-0.2, 0) is 23.8 Å². The van der Waals surface area contributed by atoms with Gasteiger partial charge >= 0.3 is 18.2 Å². The quantitative estimate of drug-likeness (QED) is 0.261. The Morgan fingerprint density at radius 1 is 1.02 bits per heavy atom. The number of carbonyl (C=O) groups excluding carboxylic acids is 3. The molecule has 1 fully saturated rings. The van der Waals surface area contributed by atoms with Crippen molar-refractivity contribution in [2.45, 2.75) is 116 Å². The number of carbonyl (C=O) groups is 4. The van der Waals surface area contributed by atoms with E-state index in [0.717, 1.165) is 19.3 Å². The highest BCUT2D eigenvalue weighted by molar-refractivity contribution is 6.01. The van der Waals surface area contributed by atoms with Gasteiger partial charge in [0.15, 0.2) is 0 Å². The van der Waals surface area contributed by atoms with Crippen LogP contribution in [0.1, 0.15) is 81.1 Å². The van der Waals surface area contributed by atoms with E-state index in [2.05, 4.69) is 25.8 Å². The standard InChI is InChI=1S/C28H47N5O8/c1-9-39-16-19-12-10-11-13-33(19)21-15-18(23(35)36)14-20(22(21)29-17(2)34)30-24(31-25(37)40-27(3,4)5)32-26(38)41-28(6,7)8/h15,19-22H,9-14,16H2,1-8H3,(H,29,34)(H,35,36)(H2,30,31,32,37,38)/t19?,20-,21+,22+/m0/s1. The van der Waals surface area contributed by atoms with E-state index < -0.39 is 47.5 Å². The smallest absolute Gasteiger partial charge is 0.414 e. The number of aliphatic carboxylic acids is 1. The Morgan fingerprint density at radius 2 is 1.61 bits per heavy atom. The predicted molar refractivity (Wildman–Crippen MR) is 153 cm³/mol. The third-order valence-electron chi connectivity index (χ3n) is 6.33. The maximum Gasteiger partial charge on any atom is 0.414 e. The molecule has 1 aliphatic heterocycles. The van der Waals surface area contributed by atoms with Gasteiger partial charge in [-0.05, 0) is 67.9 Å². The molecule has 4 N–H and O–H groups in total. The van der Waals surface area contributed by atoms with Crippen molar-refractivity contribution in [2.75, 3.05) is 19.8 Å². The summed E-state index contributed by atoms with van der Waals surface area (Å²) in [6.07, 6.45) is 2.63. The highest BCUT2D eigenvalue weighted by atomic mass is 16.6. The van der Waals surface area contributed by atoms with E-state index in [0.29, 0.717) is 19.8 Å². The lowest BCUT2D eigenvalue weighted by molar-refractivity contribution is -0.133. The molecule has 0 aromatic heterocycles. The summed E-state index contributed by atoms with van der Waals surface area (Å²) in [5.74, 6) is -1.73. The van der Waals surface area contributed by atoms with Crippen LogP contribution in [0.3, 0.4) is 0 Å². The molecular weight excluding hydrogens is 534 g/mol. The van der Waals surface area contributed by atoms with Crippen LogP contribution in [-0.4, -0.2) is 95.2 Å². The molecule has 13 nitrogen and oxygen atoms in total. The number of amides is 3. The second-order valence-corrected chi connectivity index (χ2v) is 12.3. The number of hydrogen-bond acceptors (Lipinski definition) is 9. The Kier molecular flexibility index (Phi) is 12.1. The van der Waals surface area contributed by atoms with Crippen LogP contribution >= 0.6 is 0 Å². The molecule has 4 atom stereocenters. The molecule has 232 valence electrons. The third kappa shape index (κ3) is 11.7. The number of alkyl carbamates (subject to hydrolysis) is 2. The van der Waals surface area contributed by atoms with Gasteiger partial charge in [0.1, 0.15) is 11.2 Å². The van der Waals surface area contributed by atoms with Crippen LogP contribution in [0.5, 0.6) is 0 Å². The summed E-state index contributed by atoms with van der Waals surface area (Å²) < 4.78 is 16.4. The second-order valence-electron chi connectivity index (χ2n) is 12.3. The number of hydrogen-bond donors (Lipinski definition) is 4. The molecule has 13 heteroatoms. The van der Waals surface area contributed by atoms with Crippen LogP contribution in [0, 0.1) is 0 Å². The number of piperidine rings is 1. The molecule has 1 saturated heterocycles. The molecule has 0 bridgehead atoms. The average Bonchev–Trinajstić information content (AvgIpc) is 2.81. The zero-order chi connectivity index (χ0) is 31.0. The zero-order valence-electron chi connectivity index (χ0n) is 25.5. The minimum absolute atomic E-state index is 0.0122. The Bertz CT molecular complexity index is 982. The lowest BCUT2D eigenvalue weighted by Gasteiger charge is -2.46. The second kappa shape index (κ2) is 14.6. The average molecular weight is 582 g/mol. The lowest BCUT2D eigenvalue weighted by atomic mass is 9.84. The highest BCUT2D eigenvalue weighted by Gasteiger charge is 2.42. The van der Waals surface area contributed by atoms with Gasteiger partial charge in [-0.15, -0.1) is 0 Å². The highest BCUT2D eigenvalue weighted by Crippen LogP contribution is 2.30. The van der Waals surface area contributed by atoms with Crippen molar-refractivity contribution < 1.29 is 38.5 Å². The normalized spacial score (nSPS) is 23.5. The number of likely N-dealkylation sites (tertiary alicyclic amines) is 1. The first-order chi connectivity index (χ1) is 19.0. The van der Waals surface area contributed by atoms with Gasteiger partial charge in [0.05, 0.1) is 24.7 Å². The number of carboxylic acids is 1. The van der Waals surface area contributed by atoms with Gasteiger partial charge in [-0.1, -0.05) is 12.5 Å². The molecule has 0 aromatic rings. The Labute approximate surface area is 242 Å². The van der Waals surface area contributed by atoms with Crippen molar-refractivity contribution >= 4 is 30.0 Å². The molecule has 1 aliphatic carbocycles. The van der Waals surface area contributed by atoms with Gasteiger partial charge in [0.2, 0.25) is 11.9 Å². The first-order valence-electron chi connectivity index (χ1n) is 14.1. The number of rotatable bonds is 7. The number of nitrogens with one attached hydrogen (secondary N) is 3. The van der Waals surface area contributed by atoms with Crippen molar-refractivity contribution in [2.24, 2.45) is 4.99 Å². The number of aliphatic imine (C=N–C) groups is 1. The third-order valence-corrected chi connectivity index (χ3v) is 6.33. The van der Waals surface area contributed by atoms with Crippen LogP contribution < -0.4 is 16.0 Å². The summed E-state index contributed by atoms with van der Waals surface area (Å²) >= 11 is 0. The van der Waals surface area contributed by atoms with E-state index in [1.165, 1.54) is 6.92 Å². The molecule has 0 radical (unpaired) electrons. The van der Waals surface area contributed by atoms with Gasteiger partial charge < -0.3 is 24.6 Å². The van der Waals surface area contributed by atoms with Crippen molar-refractivity contribution in [3.8, 4) is 0 Å². The van der Waals surface area contributed by atoms with E-state index in [1.807, 2.05) is 6.92 Å². The Balaban J connectivity index is 2.55. The molecule has 1 unspecified atom stereocenters. The minimum atomic E-state index is -1.11. The van der Waals surface area contributed by atoms with Crippen molar-refractivity contribution in [3.05, 3.63) is 11.6 Å². The molecule has 3 amide bonds. The lowest BCUT2D eigenvalue weighted by Crippen LogP contribution is -2.62. The van der Waals surface area contributed by atoms with Gasteiger partial charge in [-0.3, -0.25) is 20.3 Å². The Morgan fingerprint density at radius 3 is 2.10 bits per heavy atom. The first-order valence-corrected chi connectivity index (χ1v) is 14.1. The summed E-state index contributed by atoms with van der Waals surface area (Å²) in [5, 5.41) is 17.9. The molecular formula is C28H47N5O8. The number of nitrogens with zero attached hydrogens (tertiary/aromatic N) is 2. The molecule has 2 rings (SSSR count). The fourth-order valence-electron chi connectivity index (χ4n) is 4.87. The number of ether oxygens (including phenoxy) is 3. The summed E-state index contributed by atoms with van der Waals surface area (Å²) in [7, 11) is 0. The van der Waals surface area contributed by atoms with Crippen LogP contribution in [0.4, 0.5) is 9.59 Å². The SMILES string of the molecule is CCOCC1CCCCN1[C@@H]1C=C(C(=O)O)C[C@H](N=C(NC(=O)OC(C)(C)C)NC(=O)OC(C)(C)C)[C@H]1NC(C)=O. The fourth-order valence-corrected chi connectivity index (χ4v) is 4.87. The summed E-state index contributed by atoms with van der Waals surface area (Å²) in [6.45, 7) is 15.1.